The summed E-state index contributed by atoms with van der Waals surface area (Å²) in [4.78, 5) is 27.7. The Morgan fingerprint density at radius 3 is 1.41 bits per heavy atom. The minimum absolute atomic E-state index is 0.140. The first kappa shape index (κ1) is 20.1. The van der Waals surface area contributed by atoms with E-state index in [0.717, 1.165) is 12.8 Å². The van der Waals surface area contributed by atoms with E-state index in [1.165, 1.54) is 12.2 Å². The highest BCUT2D eigenvalue weighted by Crippen LogP contribution is 2.30. The molecule has 6 heteroatoms. The lowest BCUT2D eigenvalue weighted by atomic mass is 9.84. The number of nitrogens with zero attached hydrogens (tertiary/aromatic N) is 2. The molecule has 0 amide bonds. The van der Waals surface area contributed by atoms with Crippen molar-refractivity contribution in [2.24, 2.45) is 15.4 Å². The summed E-state index contributed by atoms with van der Waals surface area (Å²) in [5.41, 5.74) is 0.944. The number of ether oxygens (including phenoxy) is 2. The third kappa shape index (κ3) is 5.93. The Morgan fingerprint density at radius 1 is 0.741 bits per heavy atom. The van der Waals surface area contributed by atoms with Crippen LogP contribution >= 0.6 is 0 Å². The maximum atomic E-state index is 10.3. The Kier molecular flexibility index (Phi) is 7.50. The van der Waals surface area contributed by atoms with Gasteiger partial charge in [0.1, 0.15) is 11.5 Å². The van der Waals surface area contributed by atoms with Gasteiger partial charge in [-0.3, -0.25) is 0 Å². The Hall–Kier alpha value is -3.20. The molecule has 0 radical (unpaired) electrons. The number of hydrogen-bond acceptors (Lipinski definition) is 6. The minimum atomic E-state index is -0.140. The van der Waals surface area contributed by atoms with Gasteiger partial charge < -0.3 is 9.47 Å². The molecule has 2 rings (SSSR count). The molecule has 0 aliphatic carbocycles. The van der Waals surface area contributed by atoms with Gasteiger partial charge in [0.2, 0.25) is 12.2 Å². The Morgan fingerprint density at radius 2 is 1.11 bits per heavy atom. The van der Waals surface area contributed by atoms with Gasteiger partial charge in [0.05, 0.1) is 24.6 Å². The Labute approximate surface area is 158 Å². The topological polar surface area (TPSA) is 77.3 Å². The molecule has 2 aromatic rings. The lowest BCUT2D eigenvalue weighted by Crippen LogP contribution is -2.34. The first-order valence-corrected chi connectivity index (χ1v) is 8.76. The third-order valence-electron chi connectivity index (χ3n) is 4.61. The molecular weight excluding hydrogens is 344 g/mol. The van der Waals surface area contributed by atoms with Gasteiger partial charge in [0.25, 0.3) is 0 Å². The van der Waals surface area contributed by atoms with Crippen LogP contribution in [0.1, 0.15) is 26.7 Å². The second-order valence-corrected chi connectivity index (χ2v) is 6.18. The van der Waals surface area contributed by atoms with E-state index in [2.05, 4.69) is 23.8 Å². The van der Waals surface area contributed by atoms with E-state index in [-0.39, 0.29) is 5.41 Å². The van der Waals surface area contributed by atoms with Crippen LogP contribution in [0.2, 0.25) is 0 Å². The van der Waals surface area contributed by atoms with Crippen molar-refractivity contribution in [1.29, 1.82) is 0 Å². The van der Waals surface area contributed by atoms with Crippen molar-refractivity contribution in [3.63, 3.8) is 0 Å². The van der Waals surface area contributed by atoms with Gasteiger partial charge in [0, 0.05) is 5.41 Å². The van der Waals surface area contributed by atoms with E-state index in [0.29, 0.717) is 36.1 Å². The second kappa shape index (κ2) is 10.1. The highest BCUT2D eigenvalue weighted by atomic mass is 16.5. The number of aliphatic imine (C=N–C) groups is 2. The predicted molar refractivity (Wildman–Crippen MR) is 102 cm³/mol. The van der Waals surface area contributed by atoms with Crippen LogP contribution in [0, 0.1) is 5.41 Å². The van der Waals surface area contributed by atoms with E-state index < -0.39 is 0 Å². The van der Waals surface area contributed by atoms with Crippen molar-refractivity contribution < 1.29 is 19.1 Å². The molecule has 27 heavy (non-hydrogen) atoms. The zero-order valence-corrected chi connectivity index (χ0v) is 15.5. The van der Waals surface area contributed by atoms with E-state index in [9.17, 15) is 9.59 Å². The number of hydrogen-bond donors (Lipinski definition) is 0. The molecule has 0 fully saturated rings. The molecule has 0 heterocycles. The monoisotopic (exact) mass is 366 g/mol. The quantitative estimate of drug-likeness (QED) is 0.443. The van der Waals surface area contributed by atoms with E-state index in [1.807, 2.05) is 0 Å². The van der Waals surface area contributed by atoms with Crippen LogP contribution < -0.4 is 9.47 Å². The number of carbonyl (C=O) groups excluding carboxylic acids is 2. The van der Waals surface area contributed by atoms with Gasteiger partial charge in [-0.25, -0.2) is 9.59 Å². The summed E-state index contributed by atoms with van der Waals surface area (Å²) < 4.78 is 11.9. The molecule has 0 aliphatic rings. The molecule has 0 saturated carbocycles. The van der Waals surface area contributed by atoms with Crippen molar-refractivity contribution in [3.05, 3.63) is 48.5 Å². The molecule has 0 aliphatic heterocycles. The van der Waals surface area contributed by atoms with Crippen LogP contribution in [-0.2, 0) is 9.59 Å². The Balaban J connectivity index is 1.98. The molecule has 2 aromatic carbocycles. The maximum absolute atomic E-state index is 10.3. The van der Waals surface area contributed by atoms with Crippen LogP contribution in [-0.4, -0.2) is 25.4 Å². The summed E-state index contributed by atoms with van der Waals surface area (Å²) in [6.45, 7) is 5.23. The fourth-order valence-corrected chi connectivity index (χ4v) is 2.51. The third-order valence-corrected chi connectivity index (χ3v) is 4.61. The predicted octanol–water partition coefficient (Wildman–Crippen LogP) is 4.89. The van der Waals surface area contributed by atoms with E-state index >= 15 is 0 Å². The van der Waals surface area contributed by atoms with Crippen molar-refractivity contribution in [2.45, 2.75) is 26.7 Å². The first-order valence-electron chi connectivity index (χ1n) is 8.76. The van der Waals surface area contributed by atoms with Crippen molar-refractivity contribution >= 4 is 23.5 Å². The fourth-order valence-electron chi connectivity index (χ4n) is 2.51. The standard InChI is InChI=1S/C21H22N2O4/c1-3-21(4-2,13-26-19-9-5-17(6-10-19)22-15-24)14-27-20-11-7-18(8-12-20)23-16-25/h5-12H,3-4,13-14H2,1-2H3. The normalized spacial score (nSPS) is 10.4. The Bertz CT molecular complexity index is 747. The summed E-state index contributed by atoms with van der Waals surface area (Å²) in [6.07, 6.45) is 4.81. The molecule has 6 nitrogen and oxygen atoms in total. The molecule has 0 aromatic heterocycles. The molecule has 0 saturated heterocycles. The highest BCUT2D eigenvalue weighted by Gasteiger charge is 2.28. The van der Waals surface area contributed by atoms with Crippen LogP contribution in [0.4, 0.5) is 11.4 Å². The van der Waals surface area contributed by atoms with Gasteiger partial charge in [-0.05, 0) is 61.4 Å². The summed E-state index contributed by atoms with van der Waals surface area (Å²) in [5, 5.41) is 0. The van der Waals surface area contributed by atoms with Crippen molar-refractivity contribution in [3.8, 4) is 11.5 Å². The smallest absolute Gasteiger partial charge is 0.240 e. The van der Waals surface area contributed by atoms with Gasteiger partial charge >= 0.3 is 0 Å². The molecule has 0 N–H and O–H groups in total. The molecule has 0 unspecified atom stereocenters. The summed E-state index contributed by atoms with van der Waals surface area (Å²) >= 11 is 0. The van der Waals surface area contributed by atoms with Crippen LogP contribution in [0.15, 0.2) is 58.5 Å². The zero-order valence-electron chi connectivity index (χ0n) is 15.5. The lowest BCUT2D eigenvalue weighted by Gasteiger charge is -2.31. The number of rotatable bonds is 10. The van der Waals surface area contributed by atoms with Crippen molar-refractivity contribution in [2.75, 3.05) is 13.2 Å². The maximum Gasteiger partial charge on any atom is 0.240 e. The minimum Gasteiger partial charge on any atom is -0.493 e. The molecule has 0 spiro atoms. The molecule has 0 bridgehead atoms. The summed E-state index contributed by atoms with van der Waals surface area (Å²) in [5.74, 6) is 1.42. The molecule has 0 atom stereocenters. The van der Waals surface area contributed by atoms with Gasteiger partial charge in [-0.15, -0.1) is 0 Å². The molecule has 140 valence electrons. The first-order chi connectivity index (χ1) is 13.1. The van der Waals surface area contributed by atoms with Crippen LogP contribution in [0.25, 0.3) is 0 Å². The summed E-state index contributed by atoms with van der Waals surface area (Å²) in [7, 11) is 0. The number of benzene rings is 2. The highest BCUT2D eigenvalue weighted by molar-refractivity contribution is 5.50. The molecular formula is C21H22N2O4. The van der Waals surface area contributed by atoms with Gasteiger partial charge in [-0.1, -0.05) is 13.8 Å². The largest absolute Gasteiger partial charge is 0.493 e. The average molecular weight is 366 g/mol. The SMILES string of the molecule is CCC(CC)(COc1ccc(N=C=O)cc1)COc1ccc(N=C=O)cc1. The lowest BCUT2D eigenvalue weighted by molar-refractivity contribution is 0.0705. The van der Waals surface area contributed by atoms with Crippen molar-refractivity contribution in [1.82, 2.24) is 0 Å². The average Bonchev–Trinajstić information content (AvgIpc) is 2.71. The van der Waals surface area contributed by atoms with E-state index in [4.69, 9.17) is 9.47 Å². The van der Waals surface area contributed by atoms with Gasteiger partial charge in [-0.2, -0.15) is 9.98 Å². The van der Waals surface area contributed by atoms with Gasteiger partial charge in [0.15, 0.2) is 0 Å². The van der Waals surface area contributed by atoms with Crippen LogP contribution in [0.3, 0.4) is 0 Å². The second-order valence-electron chi connectivity index (χ2n) is 6.18. The van der Waals surface area contributed by atoms with E-state index in [1.54, 1.807) is 48.5 Å². The number of isocyanates is 2. The zero-order chi connectivity index (χ0) is 19.5. The summed E-state index contributed by atoms with van der Waals surface area (Å²) in [6, 6.07) is 13.9. The fraction of sp³-hybridized carbons (Fsp3) is 0.333. The van der Waals surface area contributed by atoms with Crippen LogP contribution in [0.5, 0.6) is 11.5 Å².